The van der Waals surface area contributed by atoms with Crippen LogP contribution in [0.5, 0.6) is 0 Å². The average Bonchev–Trinajstić information content (AvgIpc) is 3.18. The molecule has 0 atom stereocenters. The van der Waals surface area contributed by atoms with Crippen molar-refractivity contribution < 1.29 is 4.79 Å². The van der Waals surface area contributed by atoms with Gasteiger partial charge in [-0.05, 0) is 43.2 Å². The van der Waals surface area contributed by atoms with Crippen LogP contribution < -0.4 is 10.9 Å². The molecule has 0 saturated heterocycles. The Morgan fingerprint density at radius 3 is 2.90 bits per heavy atom. The molecule has 0 aliphatic carbocycles. The molecule has 4 aromatic rings. The van der Waals surface area contributed by atoms with Crippen LogP contribution in [0, 0.1) is 0 Å². The summed E-state index contributed by atoms with van der Waals surface area (Å²) < 4.78 is 3.72. The van der Waals surface area contributed by atoms with Crippen molar-refractivity contribution in [2.24, 2.45) is 0 Å². The predicted octanol–water partition coefficient (Wildman–Crippen LogP) is 2.53. The van der Waals surface area contributed by atoms with E-state index in [2.05, 4.69) is 15.5 Å². The van der Waals surface area contributed by atoms with Crippen molar-refractivity contribution in [3.8, 4) is 0 Å². The Balaban J connectivity index is 1.34. The monoisotopic (exact) mass is 416 g/mol. The standard InChI is InChI=1S/C23H24N6O2/c30-22(24-12-11-21-27-26-20-8-4-6-13-28(20)21)16-9-10-17-18(15-16)25-19-7-3-1-2-5-14-29(19)23(17)31/h4,6,8-10,13,15H,1-3,5,7,11-12,14H2,(H,24,30). The number of hydrogen-bond acceptors (Lipinski definition) is 5. The zero-order valence-electron chi connectivity index (χ0n) is 17.3. The van der Waals surface area contributed by atoms with Crippen LogP contribution in [-0.2, 0) is 19.4 Å². The third kappa shape index (κ3) is 3.81. The maximum atomic E-state index is 12.9. The molecule has 3 aromatic heterocycles. The highest BCUT2D eigenvalue weighted by atomic mass is 16.1. The normalized spacial score (nSPS) is 14.2. The number of benzene rings is 1. The molecule has 1 aromatic carbocycles. The van der Waals surface area contributed by atoms with Crippen molar-refractivity contribution in [1.29, 1.82) is 0 Å². The molecule has 0 fully saturated rings. The Morgan fingerprint density at radius 1 is 1.06 bits per heavy atom. The zero-order chi connectivity index (χ0) is 21.2. The first-order valence-corrected chi connectivity index (χ1v) is 10.8. The van der Waals surface area contributed by atoms with Crippen molar-refractivity contribution in [2.75, 3.05) is 6.54 Å². The summed E-state index contributed by atoms with van der Waals surface area (Å²) >= 11 is 0. The van der Waals surface area contributed by atoms with Gasteiger partial charge in [-0.25, -0.2) is 4.98 Å². The fraction of sp³-hybridized carbons (Fsp3) is 0.348. The van der Waals surface area contributed by atoms with Gasteiger partial charge in [-0.2, -0.15) is 0 Å². The van der Waals surface area contributed by atoms with E-state index in [9.17, 15) is 9.59 Å². The van der Waals surface area contributed by atoms with E-state index in [1.807, 2.05) is 33.4 Å². The Hall–Kier alpha value is -3.55. The van der Waals surface area contributed by atoms with Gasteiger partial charge in [0, 0.05) is 37.7 Å². The third-order valence-corrected chi connectivity index (χ3v) is 5.85. The minimum absolute atomic E-state index is 0.00690. The molecule has 0 radical (unpaired) electrons. The van der Waals surface area contributed by atoms with Crippen molar-refractivity contribution in [3.05, 3.63) is 70.2 Å². The minimum Gasteiger partial charge on any atom is -0.352 e. The van der Waals surface area contributed by atoms with Crippen LogP contribution in [0.15, 0.2) is 47.4 Å². The Kier molecular flexibility index (Phi) is 5.19. The first-order chi connectivity index (χ1) is 15.2. The molecule has 0 spiro atoms. The van der Waals surface area contributed by atoms with Crippen molar-refractivity contribution in [2.45, 2.75) is 45.1 Å². The van der Waals surface area contributed by atoms with Gasteiger partial charge < -0.3 is 5.32 Å². The maximum Gasteiger partial charge on any atom is 0.261 e. The number of aryl methyl sites for hydroxylation is 1. The van der Waals surface area contributed by atoms with Crippen LogP contribution in [0.2, 0.25) is 0 Å². The van der Waals surface area contributed by atoms with E-state index in [0.717, 1.165) is 55.9 Å². The number of nitrogens with zero attached hydrogens (tertiary/aromatic N) is 5. The Bertz CT molecular complexity index is 1320. The van der Waals surface area contributed by atoms with Gasteiger partial charge in [0.25, 0.3) is 11.5 Å². The van der Waals surface area contributed by atoms with Gasteiger partial charge in [0.05, 0.1) is 10.9 Å². The topological polar surface area (TPSA) is 94.2 Å². The van der Waals surface area contributed by atoms with Crippen LogP contribution in [-0.4, -0.2) is 36.6 Å². The average molecular weight is 416 g/mol. The summed E-state index contributed by atoms with van der Waals surface area (Å²) in [5.41, 5.74) is 1.87. The molecular formula is C23H24N6O2. The highest BCUT2D eigenvalue weighted by Crippen LogP contribution is 2.16. The third-order valence-electron chi connectivity index (χ3n) is 5.85. The van der Waals surface area contributed by atoms with Crippen LogP contribution in [0.3, 0.4) is 0 Å². The number of nitrogens with one attached hydrogen (secondary N) is 1. The minimum atomic E-state index is -0.190. The maximum absolute atomic E-state index is 12.9. The summed E-state index contributed by atoms with van der Waals surface area (Å²) in [6.45, 7) is 1.16. The van der Waals surface area contributed by atoms with Crippen LogP contribution in [0.4, 0.5) is 0 Å². The predicted molar refractivity (Wildman–Crippen MR) is 117 cm³/mol. The van der Waals surface area contributed by atoms with E-state index in [0.29, 0.717) is 29.4 Å². The lowest BCUT2D eigenvalue weighted by molar-refractivity contribution is 0.0954. The fourth-order valence-electron chi connectivity index (χ4n) is 4.19. The molecule has 5 rings (SSSR count). The largest absolute Gasteiger partial charge is 0.352 e. The summed E-state index contributed by atoms with van der Waals surface area (Å²) in [7, 11) is 0. The van der Waals surface area contributed by atoms with Crippen LogP contribution in [0.1, 0.15) is 47.7 Å². The van der Waals surface area contributed by atoms with Gasteiger partial charge in [-0.1, -0.05) is 18.9 Å². The number of pyridine rings is 1. The SMILES string of the molecule is O=C(NCCc1nnc2ccccn12)c1ccc2c(=O)n3c(nc2c1)CCCCCC3. The van der Waals surface area contributed by atoms with E-state index in [-0.39, 0.29) is 11.5 Å². The summed E-state index contributed by atoms with van der Waals surface area (Å²) in [4.78, 5) is 30.4. The number of carbonyl (C=O) groups is 1. The second kappa shape index (κ2) is 8.29. The van der Waals surface area contributed by atoms with Crippen LogP contribution in [0.25, 0.3) is 16.6 Å². The molecule has 1 aliphatic heterocycles. The highest BCUT2D eigenvalue weighted by Gasteiger charge is 2.15. The molecule has 8 heteroatoms. The number of carbonyl (C=O) groups excluding carboxylic acids is 1. The van der Waals surface area contributed by atoms with E-state index in [1.54, 1.807) is 18.2 Å². The van der Waals surface area contributed by atoms with Crippen molar-refractivity contribution in [3.63, 3.8) is 0 Å². The highest BCUT2D eigenvalue weighted by molar-refractivity contribution is 5.97. The van der Waals surface area contributed by atoms with Crippen molar-refractivity contribution >= 4 is 22.5 Å². The van der Waals surface area contributed by atoms with Gasteiger partial charge in [-0.3, -0.25) is 18.6 Å². The lowest BCUT2D eigenvalue weighted by atomic mass is 10.1. The second-order valence-electron chi connectivity index (χ2n) is 7.93. The lowest BCUT2D eigenvalue weighted by Gasteiger charge is -2.16. The number of fused-ring (bicyclic) bond motifs is 3. The zero-order valence-corrected chi connectivity index (χ0v) is 17.3. The first-order valence-electron chi connectivity index (χ1n) is 10.8. The first kappa shape index (κ1) is 19.4. The summed E-state index contributed by atoms with van der Waals surface area (Å²) in [6.07, 6.45) is 7.62. The molecule has 1 N–H and O–H groups in total. The second-order valence-corrected chi connectivity index (χ2v) is 7.93. The molecule has 4 heterocycles. The van der Waals surface area contributed by atoms with Gasteiger partial charge in [0.2, 0.25) is 0 Å². The molecule has 8 nitrogen and oxygen atoms in total. The number of hydrogen-bond donors (Lipinski definition) is 1. The van der Waals surface area contributed by atoms with Crippen LogP contribution >= 0.6 is 0 Å². The number of amides is 1. The number of rotatable bonds is 4. The van der Waals surface area contributed by atoms with Gasteiger partial charge >= 0.3 is 0 Å². The smallest absolute Gasteiger partial charge is 0.261 e. The molecule has 1 amide bonds. The van der Waals surface area contributed by atoms with Gasteiger partial charge in [-0.15, -0.1) is 10.2 Å². The molecule has 0 saturated carbocycles. The summed E-state index contributed by atoms with van der Waals surface area (Å²) in [6, 6.07) is 10.9. The van der Waals surface area contributed by atoms with E-state index in [4.69, 9.17) is 4.98 Å². The Labute approximate surface area is 178 Å². The molecule has 0 unspecified atom stereocenters. The molecule has 0 bridgehead atoms. The number of aromatic nitrogens is 5. The molecular weight excluding hydrogens is 392 g/mol. The summed E-state index contributed by atoms with van der Waals surface area (Å²) in [5.74, 6) is 1.43. The lowest BCUT2D eigenvalue weighted by Crippen LogP contribution is -2.28. The quantitative estimate of drug-likeness (QED) is 0.552. The fourth-order valence-corrected chi connectivity index (χ4v) is 4.19. The molecule has 1 aliphatic rings. The van der Waals surface area contributed by atoms with Crippen molar-refractivity contribution in [1.82, 2.24) is 29.5 Å². The van der Waals surface area contributed by atoms with E-state index in [1.165, 1.54) is 0 Å². The van der Waals surface area contributed by atoms with E-state index < -0.39 is 0 Å². The van der Waals surface area contributed by atoms with Gasteiger partial charge in [0.15, 0.2) is 5.65 Å². The van der Waals surface area contributed by atoms with E-state index >= 15 is 0 Å². The Morgan fingerprint density at radius 2 is 1.97 bits per heavy atom. The summed E-state index contributed by atoms with van der Waals surface area (Å²) in [5, 5.41) is 11.8. The molecule has 31 heavy (non-hydrogen) atoms. The van der Waals surface area contributed by atoms with Gasteiger partial charge in [0.1, 0.15) is 11.6 Å². The molecule has 158 valence electrons.